The van der Waals surface area contributed by atoms with Crippen LogP contribution in [0.4, 0.5) is 5.82 Å². The van der Waals surface area contributed by atoms with Gasteiger partial charge in [0.2, 0.25) is 5.88 Å². The van der Waals surface area contributed by atoms with Crippen molar-refractivity contribution in [3.63, 3.8) is 0 Å². The van der Waals surface area contributed by atoms with Crippen molar-refractivity contribution >= 4 is 33.3 Å². The van der Waals surface area contributed by atoms with E-state index in [4.69, 9.17) is 16.3 Å². The third-order valence-corrected chi connectivity index (χ3v) is 10.8. The Bertz CT molecular complexity index is 1850. The van der Waals surface area contributed by atoms with Gasteiger partial charge >= 0.3 is 0 Å². The minimum atomic E-state index is -4.35. The number of carbonyl (C=O) groups excluding carboxylic acids is 1. The van der Waals surface area contributed by atoms with Crippen LogP contribution in [0.3, 0.4) is 0 Å². The number of hydrogen-bond acceptors (Lipinski definition) is 10. The number of halogens is 1. The third kappa shape index (κ3) is 9.14. The molecule has 0 radical (unpaired) electrons. The zero-order chi connectivity index (χ0) is 34.4. The summed E-state index contributed by atoms with van der Waals surface area (Å²) in [5, 5.41) is 10.9. The standard InChI is InChI=1S/C35H43ClN8O4S/c1-35(2)22-25(23-38-35)13-15-28(27-10-5-6-19-37-27)39-29-11-7-12-32(40-29)49(46,47)43-34(45)26-14-16-30(41-33(26)36)44-20-17-31(42-44)48-21-18-24-8-3-4-9-24/h5-7,10-12,14,16-17,19-20,24-25,28,38H,3-4,8-9,13,15,18,21-23H2,1-2H3,(H,39,40)(H,43,45)/t25-,28?/m1/s1. The molecule has 260 valence electrons. The lowest BCUT2D eigenvalue weighted by molar-refractivity contribution is 0.0981. The number of aromatic nitrogens is 5. The molecule has 1 aliphatic heterocycles. The van der Waals surface area contributed by atoms with Crippen LogP contribution in [0.15, 0.2) is 72.0 Å². The Labute approximate surface area is 292 Å². The van der Waals surface area contributed by atoms with E-state index in [0.717, 1.165) is 37.9 Å². The molecule has 2 aliphatic rings. The monoisotopic (exact) mass is 706 g/mol. The lowest BCUT2D eigenvalue weighted by Crippen LogP contribution is -2.31. The van der Waals surface area contributed by atoms with Crippen molar-refractivity contribution in [3.05, 3.63) is 83.4 Å². The highest BCUT2D eigenvalue weighted by Gasteiger charge is 2.31. The van der Waals surface area contributed by atoms with Crippen molar-refractivity contribution in [3.8, 4) is 11.7 Å². The summed E-state index contributed by atoms with van der Waals surface area (Å²) >= 11 is 6.37. The topological polar surface area (TPSA) is 153 Å². The summed E-state index contributed by atoms with van der Waals surface area (Å²) < 4.78 is 36.0. The van der Waals surface area contributed by atoms with Gasteiger partial charge in [-0.15, -0.1) is 5.10 Å². The SMILES string of the molecule is CC1(C)C[C@@H](CCC(Nc2cccc(S(=O)(=O)NC(=O)c3ccc(-n4ccc(OCCC5CCCC5)n4)nc3Cl)n2)c2ccccn2)CN1. The molecule has 0 spiro atoms. The number of anilines is 1. The highest BCUT2D eigenvalue weighted by atomic mass is 35.5. The molecule has 1 unspecified atom stereocenters. The number of pyridine rings is 3. The maximum Gasteiger partial charge on any atom is 0.281 e. The summed E-state index contributed by atoms with van der Waals surface area (Å²) in [4.78, 5) is 26.3. The summed E-state index contributed by atoms with van der Waals surface area (Å²) in [5.41, 5.74) is 0.839. The van der Waals surface area contributed by atoms with E-state index in [9.17, 15) is 13.2 Å². The Morgan fingerprint density at radius 2 is 1.90 bits per heavy atom. The first-order valence-corrected chi connectivity index (χ1v) is 18.7. The molecule has 5 heterocycles. The fourth-order valence-electron chi connectivity index (χ4n) is 6.68. The van der Waals surface area contributed by atoms with E-state index in [1.165, 1.54) is 48.6 Å². The molecular weight excluding hydrogens is 664 g/mol. The van der Waals surface area contributed by atoms with Gasteiger partial charge in [0.15, 0.2) is 10.8 Å². The molecule has 3 N–H and O–H groups in total. The number of carbonyl (C=O) groups is 1. The molecule has 6 rings (SSSR count). The van der Waals surface area contributed by atoms with Crippen LogP contribution in [-0.4, -0.2) is 57.7 Å². The fourth-order valence-corrected chi connectivity index (χ4v) is 7.85. The van der Waals surface area contributed by atoms with Crippen molar-refractivity contribution in [2.24, 2.45) is 11.8 Å². The van der Waals surface area contributed by atoms with Gasteiger partial charge in [-0.3, -0.25) is 9.78 Å². The van der Waals surface area contributed by atoms with E-state index in [0.29, 0.717) is 36.0 Å². The van der Waals surface area contributed by atoms with Crippen molar-refractivity contribution < 1.29 is 17.9 Å². The Kier molecular flexibility index (Phi) is 10.8. The Morgan fingerprint density at radius 1 is 1.06 bits per heavy atom. The summed E-state index contributed by atoms with van der Waals surface area (Å²) in [6, 6.07) is 14.8. The highest BCUT2D eigenvalue weighted by molar-refractivity contribution is 7.90. The first-order chi connectivity index (χ1) is 23.5. The smallest absolute Gasteiger partial charge is 0.281 e. The summed E-state index contributed by atoms with van der Waals surface area (Å²) in [6.07, 6.45) is 12.3. The average Bonchev–Trinajstić information content (AvgIpc) is 3.85. The molecule has 1 aliphatic carbocycles. The number of rotatable bonds is 14. The molecule has 2 atom stereocenters. The van der Waals surface area contributed by atoms with Crippen molar-refractivity contribution in [1.29, 1.82) is 0 Å². The number of amides is 1. The van der Waals surface area contributed by atoms with Gasteiger partial charge in [0.1, 0.15) is 11.0 Å². The van der Waals surface area contributed by atoms with Gasteiger partial charge in [-0.2, -0.15) is 8.42 Å². The van der Waals surface area contributed by atoms with Crippen LogP contribution in [0.1, 0.15) is 87.3 Å². The molecule has 4 aromatic heterocycles. The van der Waals surface area contributed by atoms with Crippen LogP contribution in [0, 0.1) is 11.8 Å². The number of ether oxygens (including phenoxy) is 1. The average molecular weight is 707 g/mol. The number of nitrogens with one attached hydrogen (secondary N) is 3. The third-order valence-electron chi connectivity index (χ3n) is 9.25. The molecule has 1 saturated carbocycles. The fraction of sp³-hybridized carbons (Fsp3) is 0.457. The maximum atomic E-state index is 13.3. The van der Waals surface area contributed by atoms with Crippen molar-refractivity contribution in [1.82, 2.24) is 34.8 Å². The minimum Gasteiger partial charge on any atom is -0.477 e. The van der Waals surface area contributed by atoms with Crippen molar-refractivity contribution in [2.75, 3.05) is 18.5 Å². The van der Waals surface area contributed by atoms with E-state index in [2.05, 4.69) is 49.3 Å². The highest BCUT2D eigenvalue weighted by Crippen LogP contribution is 2.31. The van der Waals surface area contributed by atoms with Crippen LogP contribution in [0.2, 0.25) is 5.15 Å². The zero-order valence-corrected chi connectivity index (χ0v) is 29.4. The maximum absolute atomic E-state index is 13.3. The van der Waals surface area contributed by atoms with E-state index in [1.807, 2.05) is 18.2 Å². The number of hydrogen-bond donors (Lipinski definition) is 3. The lowest BCUT2D eigenvalue weighted by atomic mass is 9.91. The number of sulfonamides is 1. The predicted octanol–water partition coefficient (Wildman–Crippen LogP) is 6.11. The van der Waals surface area contributed by atoms with Crippen LogP contribution in [0.25, 0.3) is 5.82 Å². The molecule has 14 heteroatoms. The molecule has 0 bridgehead atoms. The van der Waals surface area contributed by atoms with Crippen molar-refractivity contribution in [2.45, 2.75) is 81.8 Å². The van der Waals surface area contributed by atoms with E-state index >= 15 is 0 Å². The molecule has 12 nitrogen and oxygen atoms in total. The Morgan fingerprint density at radius 3 is 2.63 bits per heavy atom. The Balaban J connectivity index is 1.09. The van der Waals surface area contributed by atoms with Gasteiger partial charge in [0.05, 0.1) is 23.9 Å². The molecule has 4 aromatic rings. The van der Waals surface area contributed by atoms with Crippen LogP contribution < -0.4 is 20.1 Å². The molecule has 2 fully saturated rings. The summed E-state index contributed by atoms with van der Waals surface area (Å²) in [5.74, 6) is 1.48. The van der Waals surface area contributed by atoms with Gasteiger partial charge in [-0.05, 0) is 94.3 Å². The molecule has 1 amide bonds. The summed E-state index contributed by atoms with van der Waals surface area (Å²) in [7, 11) is -4.35. The normalized spacial score (nSPS) is 18.3. The molecule has 1 saturated heterocycles. The van der Waals surface area contributed by atoms with Gasteiger partial charge < -0.3 is 15.4 Å². The quantitative estimate of drug-likeness (QED) is 0.131. The first kappa shape index (κ1) is 34.8. The second kappa shape index (κ2) is 15.2. The minimum absolute atomic E-state index is 0.108. The lowest BCUT2D eigenvalue weighted by Gasteiger charge is -2.21. The largest absolute Gasteiger partial charge is 0.477 e. The molecular formula is C35H43ClN8O4S. The Hall–Kier alpha value is -4.07. The molecule has 0 aromatic carbocycles. The summed E-state index contributed by atoms with van der Waals surface area (Å²) in [6.45, 7) is 5.97. The van der Waals surface area contributed by atoms with E-state index in [1.54, 1.807) is 30.6 Å². The van der Waals surface area contributed by atoms with Crippen LogP contribution in [-0.2, 0) is 10.0 Å². The number of nitrogens with zero attached hydrogens (tertiary/aromatic N) is 5. The van der Waals surface area contributed by atoms with E-state index in [-0.39, 0.29) is 27.3 Å². The second-order valence-electron chi connectivity index (χ2n) is 13.6. The predicted molar refractivity (Wildman–Crippen MR) is 187 cm³/mol. The van der Waals surface area contributed by atoms with Gasteiger partial charge in [0, 0.05) is 24.0 Å². The van der Waals surface area contributed by atoms with E-state index < -0.39 is 15.9 Å². The van der Waals surface area contributed by atoms with Crippen LogP contribution in [0.5, 0.6) is 5.88 Å². The second-order valence-corrected chi connectivity index (χ2v) is 15.5. The first-order valence-electron chi connectivity index (χ1n) is 16.9. The van der Waals surface area contributed by atoms with Gasteiger partial charge in [-0.25, -0.2) is 19.4 Å². The van der Waals surface area contributed by atoms with Gasteiger partial charge in [0.25, 0.3) is 15.9 Å². The van der Waals surface area contributed by atoms with Gasteiger partial charge in [-0.1, -0.05) is 49.4 Å². The molecule has 49 heavy (non-hydrogen) atoms. The van der Waals surface area contributed by atoms with Crippen LogP contribution >= 0.6 is 11.6 Å². The zero-order valence-electron chi connectivity index (χ0n) is 27.8.